The summed E-state index contributed by atoms with van der Waals surface area (Å²) in [6.07, 6.45) is 2.13. The van der Waals surface area contributed by atoms with Gasteiger partial charge >= 0.3 is 0 Å². The van der Waals surface area contributed by atoms with Gasteiger partial charge in [0.25, 0.3) is 0 Å². The summed E-state index contributed by atoms with van der Waals surface area (Å²) in [4.78, 5) is 4.31. The van der Waals surface area contributed by atoms with E-state index >= 15 is 0 Å². The van der Waals surface area contributed by atoms with Crippen LogP contribution in [0.5, 0.6) is 0 Å². The molecular formula is C10H11NS2. The Morgan fingerprint density at radius 1 is 1.46 bits per heavy atom. The maximum absolute atomic E-state index is 4.31. The molecule has 0 bridgehead atoms. The first-order valence-electron chi connectivity index (χ1n) is 4.17. The number of aromatic nitrogens is 1. The molecule has 0 amide bonds. The Balaban J connectivity index is 2.48. The third kappa shape index (κ3) is 1.71. The van der Waals surface area contributed by atoms with Crippen LogP contribution in [0.1, 0.15) is 17.7 Å². The van der Waals surface area contributed by atoms with E-state index in [9.17, 15) is 0 Å². The Labute approximate surface area is 86.2 Å². The highest BCUT2D eigenvalue weighted by Crippen LogP contribution is 2.28. The van der Waals surface area contributed by atoms with Crippen LogP contribution in [0, 0.1) is 0 Å². The van der Waals surface area contributed by atoms with E-state index in [-0.39, 0.29) is 0 Å². The molecule has 0 fully saturated rings. The van der Waals surface area contributed by atoms with Gasteiger partial charge < -0.3 is 0 Å². The Hall–Kier alpha value is -0.540. The number of hydrogen-bond donors (Lipinski definition) is 0. The minimum absolute atomic E-state index is 0.561. The van der Waals surface area contributed by atoms with E-state index in [2.05, 4.69) is 36.4 Å². The molecular weight excluding hydrogens is 198 g/mol. The van der Waals surface area contributed by atoms with Crippen LogP contribution in [0.2, 0.25) is 0 Å². The summed E-state index contributed by atoms with van der Waals surface area (Å²) in [5, 5.41) is 0.561. The molecule has 0 aliphatic carbocycles. The quantitative estimate of drug-likeness (QED) is 0.747. The molecule has 68 valence electrons. The average molecular weight is 209 g/mol. The zero-order valence-corrected chi connectivity index (χ0v) is 9.28. The van der Waals surface area contributed by atoms with E-state index < -0.39 is 0 Å². The van der Waals surface area contributed by atoms with Gasteiger partial charge in [-0.05, 0) is 30.9 Å². The van der Waals surface area contributed by atoms with Gasteiger partial charge in [-0.25, -0.2) is 4.98 Å². The summed E-state index contributed by atoms with van der Waals surface area (Å²) in [7, 11) is 0. The van der Waals surface area contributed by atoms with Gasteiger partial charge in [0.05, 0.1) is 15.7 Å². The Morgan fingerprint density at radius 2 is 2.31 bits per heavy atom. The predicted octanol–water partition coefficient (Wildman–Crippen LogP) is 3.72. The van der Waals surface area contributed by atoms with Crippen LogP contribution < -0.4 is 0 Å². The molecule has 0 radical (unpaired) electrons. The van der Waals surface area contributed by atoms with Crippen molar-refractivity contribution in [1.29, 1.82) is 0 Å². The van der Waals surface area contributed by atoms with Crippen molar-refractivity contribution in [2.24, 2.45) is 0 Å². The largest absolute Gasteiger partial charge is 0.245 e. The molecule has 0 aliphatic rings. The summed E-state index contributed by atoms with van der Waals surface area (Å²) in [5.41, 5.74) is 4.40. The lowest BCUT2D eigenvalue weighted by molar-refractivity contribution is 1.11. The Bertz CT molecular complexity index is 408. The van der Waals surface area contributed by atoms with E-state index in [1.54, 1.807) is 11.3 Å². The molecule has 2 aromatic rings. The topological polar surface area (TPSA) is 12.9 Å². The predicted molar refractivity (Wildman–Crippen MR) is 61.6 cm³/mol. The summed E-state index contributed by atoms with van der Waals surface area (Å²) in [5.74, 6) is 0. The Kier molecular flexibility index (Phi) is 2.56. The number of thiazole rings is 1. The number of fused-ring (bicyclic) bond motifs is 1. The molecule has 1 aromatic carbocycles. The van der Waals surface area contributed by atoms with Gasteiger partial charge in [0.2, 0.25) is 0 Å². The lowest BCUT2D eigenvalue weighted by Gasteiger charge is -2.07. The van der Waals surface area contributed by atoms with E-state index in [0.29, 0.717) is 5.25 Å². The summed E-state index contributed by atoms with van der Waals surface area (Å²) >= 11 is 3.56. The monoisotopic (exact) mass is 209 g/mol. The van der Waals surface area contributed by atoms with Crippen molar-refractivity contribution in [3.8, 4) is 0 Å². The number of hydrogen-bond acceptors (Lipinski definition) is 3. The van der Waals surface area contributed by atoms with E-state index in [0.717, 1.165) is 5.52 Å². The zero-order valence-electron chi connectivity index (χ0n) is 7.65. The normalized spacial score (nSPS) is 13.4. The second-order valence-corrected chi connectivity index (χ2v) is 5.02. The number of rotatable bonds is 2. The van der Waals surface area contributed by atoms with Crippen molar-refractivity contribution >= 4 is 33.3 Å². The number of thioether (sulfide) groups is 1. The fourth-order valence-corrected chi connectivity index (χ4v) is 2.34. The summed E-state index contributed by atoms with van der Waals surface area (Å²) in [6.45, 7) is 2.22. The fourth-order valence-electron chi connectivity index (χ4n) is 1.26. The van der Waals surface area contributed by atoms with Gasteiger partial charge in [0.15, 0.2) is 0 Å². The zero-order chi connectivity index (χ0) is 9.26. The average Bonchev–Trinajstić information content (AvgIpc) is 2.63. The standard InChI is InChI=1S/C10H11NS2/c1-7(12-2)8-3-4-10-9(5-8)11-6-13-10/h3-7H,1-2H3. The van der Waals surface area contributed by atoms with Crippen LogP contribution >= 0.6 is 23.1 Å². The van der Waals surface area contributed by atoms with Crippen LogP contribution in [-0.2, 0) is 0 Å². The maximum atomic E-state index is 4.31. The van der Waals surface area contributed by atoms with E-state index in [1.165, 1.54) is 10.3 Å². The molecule has 0 saturated carbocycles. The highest BCUT2D eigenvalue weighted by molar-refractivity contribution is 7.98. The molecule has 0 saturated heterocycles. The minimum Gasteiger partial charge on any atom is -0.245 e. The Morgan fingerprint density at radius 3 is 3.08 bits per heavy atom. The third-order valence-corrected chi connectivity index (χ3v) is 3.97. The molecule has 3 heteroatoms. The van der Waals surface area contributed by atoms with Crippen molar-refractivity contribution in [2.45, 2.75) is 12.2 Å². The van der Waals surface area contributed by atoms with Gasteiger partial charge in [0, 0.05) is 5.25 Å². The van der Waals surface area contributed by atoms with E-state index in [1.807, 2.05) is 17.3 Å². The molecule has 0 spiro atoms. The van der Waals surface area contributed by atoms with Crippen molar-refractivity contribution in [1.82, 2.24) is 4.98 Å². The minimum atomic E-state index is 0.561. The van der Waals surface area contributed by atoms with Crippen LogP contribution in [-0.4, -0.2) is 11.2 Å². The number of nitrogens with zero attached hydrogens (tertiary/aromatic N) is 1. The first-order valence-corrected chi connectivity index (χ1v) is 6.34. The summed E-state index contributed by atoms with van der Waals surface area (Å²) < 4.78 is 1.28. The van der Waals surface area contributed by atoms with Crippen LogP contribution in [0.4, 0.5) is 0 Å². The molecule has 2 rings (SSSR count). The molecule has 1 heterocycles. The maximum Gasteiger partial charge on any atom is 0.0815 e. The van der Waals surface area contributed by atoms with Crippen molar-refractivity contribution in [2.75, 3.05) is 6.26 Å². The first-order chi connectivity index (χ1) is 6.31. The lowest BCUT2D eigenvalue weighted by atomic mass is 10.1. The number of benzene rings is 1. The highest BCUT2D eigenvalue weighted by atomic mass is 32.2. The van der Waals surface area contributed by atoms with Crippen LogP contribution in [0.25, 0.3) is 10.2 Å². The molecule has 1 aromatic heterocycles. The smallest absolute Gasteiger partial charge is 0.0815 e. The molecule has 0 aliphatic heterocycles. The highest BCUT2D eigenvalue weighted by Gasteiger charge is 2.04. The first kappa shape index (κ1) is 9.03. The van der Waals surface area contributed by atoms with Gasteiger partial charge in [0.1, 0.15) is 0 Å². The second kappa shape index (κ2) is 3.68. The summed E-state index contributed by atoms with van der Waals surface area (Å²) in [6, 6.07) is 6.55. The third-order valence-electron chi connectivity index (χ3n) is 2.18. The van der Waals surface area contributed by atoms with Crippen molar-refractivity contribution < 1.29 is 0 Å². The van der Waals surface area contributed by atoms with Gasteiger partial charge in [-0.1, -0.05) is 6.07 Å². The van der Waals surface area contributed by atoms with Crippen LogP contribution in [0.15, 0.2) is 23.7 Å². The van der Waals surface area contributed by atoms with Crippen molar-refractivity contribution in [3.05, 3.63) is 29.3 Å². The molecule has 0 N–H and O–H groups in total. The molecule has 1 unspecified atom stereocenters. The molecule has 1 atom stereocenters. The van der Waals surface area contributed by atoms with Gasteiger partial charge in [-0.2, -0.15) is 11.8 Å². The fraction of sp³-hybridized carbons (Fsp3) is 0.300. The lowest BCUT2D eigenvalue weighted by Crippen LogP contribution is -1.86. The van der Waals surface area contributed by atoms with E-state index in [4.69, 9.17) is 0 Å². The van der Waals surface area contributed by atoms with Gasteiger partial charge in [-0.3, -0.25) is 0 Å². The molecule has 13 heavy (non-hydrogen) atoms. The molecule has 1 nitrogen and oxygen atoms in total. The van der Waals surface area contributed by atoms with Gasteiger partial charge in [-0.15, -0.1) is 11.3 Å². The second-order valence-electron chi connectivity index (χ2n) is 2.96. The van der Waals surface area contributed by atoms with Crippen molar-refractivity contribution in [3.63, 3.8) is 0 Å². The SMILES string of the molecule is CSC(C)c1ccc2scnc2c1. The van der Waals surface area contributed by atoms with Crippen LogP contribution in [0.3, 0.4) is 0 Å².